The highest BCUT2D eigenvalue weighted by Gasteiger charge is 2.26. The van der Waals surface area contributed by atoms with Gasteiger partial charge in [-0.3, -0.25) is 19.7 Å². The van der Waals surface area contributed by atoms with E-state index in [1.807, 2.05) is 48.5 Å². The van der Waals surface area contributed by atoms with E-state index in [9.17, 15) is 19.7 Å². The lowest BCUT2D eigenvalue weighted by molar-refractivity contribution is -0.383. The normalized spacial score (nSPS) is 12.7. The Hall–Kier alpha value is -3.74. The predicted molar refractivity (Wildman–Crippen MR) is 171 cm³/mol. The molecule has 1 fully saturated rings. The first-order valence-corrected chi connectivity index (χ1v) is 14.1. The third-order valence-electron chi connectivity index (χ3n) is 6.16. The van der Waals surface area contributed by atoms with Crippen molar-refractivity contribution < 1.29 is 23.3 Å². The molecule has 41 heavy (non-hydrogen) atoms. The number of non-ortho nitro benzene ring substituents is 1. The fraction of sp³-hybridized carbons (Fsp3) is 0.103. The Morgan fingerprint density at radius 2 is 1.32 bits per heavy atom. The first-order chi connectivity index (χ1) is 19.2. The molecule has 12 heteroatoms. The maximum Gasteiger partial charge on any atom is 0.281 e. The number of benzene rings is 4. The van der Waals surface area contributed by atoms with Crippen molar-refractivity contribution in [3.05, 3.63) is 91.9 Å². The molecule has 3 heterocycles. The molecule has 0 spiro atoms. The monoisotopic (exact) mass is 745 g/mol. The Bertz CT molecular complexity index is 1930. The number of para-hydroxylation sites is 2. The molecule has 2 amide bonds. The number of carbonyl (C=O) groups is 2. The molecule has 1 saturated heterocycles. The van der Waals surface area contributed by atoms with Gasteiger partial charge in [0.05, 0.1) is 36.6 Å². The first kappa shape index (κ1) is 30.2. The van der Waals surface area contributed by atoms with Gasteiger partial charge in [0.2, 0.25) is 11.8 Å². The van der Waals surface area contributed by atoms with Gasteiger partial charge in [0.25, 0.3) is 5.69 Å². The van der Waals surface area contributed by atoms with Crippen LogP contribution in [0.15, 0.2) is 90.6 Å². The number of carbonyl (C=O) groups excluding carboxylic acids is 2. The van der Waals surface area contributed by atoms with Crippen LogP contribution in [0.1, 0.15) is 20.3 Å². The second-order valence-electron chi connectivity index (χ2n) is 8.63. The molecule has 4 aromatic carbocycles. The number of furan rings is 2. The van der Waals surface area contributed by atoms with Crippen LogP contribution < -0.4 is 5.73 Å². The highest BCUT2D eigenvalue weighted by molar-refractivity contribution is 9.11. The zero-order valence-electron chi connectivity index (χ0n) is 20.4. The lowest BCUT2D eigenvalue weighted by Crippen LogP contribution is -2.16. The van der Waals surface area contributed by atoms with E-state index in [2.05, 4.69) is 48.0 Å². The molecule has 7 rings (SSSR count). The van der Waals surface area contributed by atoms with E-state index in [0.29, 0.717) is 35.1 Å². The molecule has 0 radical (unpaired) electrons. The van der Waals surface area contributed by atoms with Gasteiger partial charge in [0.1, 0.15) is 22.1 Å². The number of halogens is 3. The van der Waals surface area contributed by atoms with E-state index in [0.717, 1.165) is 40.2 Å². The van der Waals surface area contributed by atoms with Crippen LogP contribution in [-0.2, 0) is 9.59 Å². The number of nitro groups is 1. The maximum atomic E-state index is 10.9. The molecule has 0 saturated carbocycles. The van der Waals surface area contributed by atoms with Crippen LogP contribution in [0.25, 0.3) is 43.9 Å². The van der Waals surface area contributed by atoms with Crippen LogP contribution in [0, 0.1) is 10.1 Å². The van der Waals surface area contributed by atoms with Gasteiger partial charge in [-0.25, -0.2) is 3.93 Å². The number of nitrogen functional groups attached to an aromatic ring is 1. The number of nitro benzene ring substituents is 1. The predicted octanol–water partition coefficient (Wildman–Crippen LogP) is 9.27. The van der Waals surface area contributed by atoms with Crippen molar-refractivity contribution in [2.75, 3.05) is 5.73 Å². The van der Waals surface area contributed by atoms with Crippen molar-refractivity contribution in [2.45, 2.75) is 20.3 Å². The van der Waals surface area contributed by atoms with E-state index in [4.69, 9.17) is 14.6 Å². The van der Waals surface area contributed by atoms with E-state index in [1.54, 1.807) is 18.2 Å². The molecule has 1 aliphatic rings. The Morgan fingerprint density at radius 3 is 1.88 bits per heavy atom. The van der Waals surface area contributed by atoms with E-state index in [1.165, 1.54) is 6.07 Å². The van der Waals surface area contributed by atoms with Crippen LogP contribution in [0.2, 0.25) is 0 Å². The molecule has 9 nitrogen and oxygen atoms in total. The average Bonchev–Trinajstić information content (AvgIpc) is 3.62. The number of nitrogens with zero attached hydrogens (tertiary/aromatic N) is 2. The zero-order chi connectivity index (χ0) is 28.6. The summed E-state index contributed by atoms with van der Waals surface area (Å²) in [7, 11) is 0. The molecule has 2 aromatic heterocycles. The number of hydrogen-bond donors (Lipinski definition) is 1. The standard InChI is InChI=1S/C12H7Br2NO.C12H7NO3.C4H4BrNO2.CH4/c13-7-5-8(14)12-10(11(7)15)6-3-1-2-4-9(6)16-12;14-13(15)9-5-3-7-11-12(9)8-4-1-2-6-10(8)16-11;5-6-3(7)1-2-4(6)8;/h1-5H,15H2;1-7H;1-2H2;1H4. The van der Waals surface area contributed by atoms with Gasteiger partial charge in [-0.15, -0.1) is 0 Å². The highest BCUT2D eigenvalue weighted by atomic mass is 79.9. The molecule has 0 atom stereocenters. The van der Waals surface area contributed by atoms with Gasteiger partial charge in [-0.05, 0) is 56.1 Å². The first-order valence-electron chi connectivity index (χ1n) is 11.8. The lowest BCUT2D eigenvalue weighted by Gasteiger charge is -2.01. The van der Waals surface area contributed by atoms with Gasteiger partial charge in [-0.2, -0.15) is 0 Å². The van der Waals surface area contributed by atoms with Gasteiger partial charge in [0.15, 0.2) is 5.58 Å². The molecule has 210 valence electrons. The number of rotatable bonds is 1. The zero-order valence-corrected chi connectivity index (χ0v) is 25.2. The summed E-state index contributed by atoms with van der Waals surface area (Å²) >= 11 is 9.72. The summed E-state index contributed by atoms with van der Waals surface area (Å²) in [6.07, 6.45) is 0.703. The quantitative estimate of drug-likeness (QED) is 0.0583. The number of fused-ring (bicyclic) bond motifs is 6. The number of nitrogens with two attached hydrogens (primary N) is 1. The number of anilines is 1. The smallest absolute Gasteiger partial charge is 0.281 e. The Labute approximate surface area is 259 Å². The molecule has 0 bridgehead atoms. The molecule has 0 unspecified atom stereocenters. The molecule has 1 aliphatic heterocycles. The third kappa shape index (κ3) is 5.85. The van der Waals surface area contributed by atoms with Crippen molar-refractivity contribution in [2.24, 2.45) is 0 Å². The van der Waals surface area contributed by atoms with Crippen LogP contribution in [-0.4, -0.2) is 20.7 Å². The average molecular weight is 748 g/mol. The largest absolute Gasteiger partial charge is 0.456 e. The van der Waals surface area contributed by atoms with Crippen molar-refractivity contribution in [3.63, 3.8) is 0 Å². The Morgan fingerprint density at radius 1 is 0.780 bits per heavy atom. The van der Waals surface area contributed by atoms with E-state index in [-0.39, 0.29) is 29.9 Å². The maximum absolute atomic E-state index is 10.9. The van der Waals surface area contributed by atoms with Gasteiger partial charge in [-0.1, -0.05) is 49.9 Å². The summed E-state index contributed by atoms with van der Waals surface area (Å²) in [5.41, 5.74) is 9.73. The highest BCUT2D eigenvalue weighted by Crippen LogP contribution is 2.41. The van der Waals surface area contributed by atoms with Gasteiger partial charge < -0.3 is 14.6 Å². The summed E-state index contributed by atoms with van der Waals surface area (Å²) in [6, 6.07) is 22.0. The summed E-state index contributed by atoms with van der Waals surface area (Å²) in [5.74, 6) is -0.287. The molecular weight excluding hydrogens is 726 g/mol. The summed E-state index contributed by atoms with van der Waals surface area (Å²) in [5, 5.41) is 14.3. The number of imide groups is 1. The number of hydrogen-bond acceptors (Lipinski definition) is 7. The minimum atomic E-state index is -0.385. The molecule has 6 aromatic rings. The fourth-order valence-electron chi connectivity index (χ4n) is 4.31. The summed E-state index contributed by atoms with van der Waals surface area (Å²) in [4.78, 5) is 31.4. The van der Waals surface area contributed by atoms with Crippen molar-refractivity contribution in [1.29, 1.82) is 0 Å². The molecular formula is C29H22Br3N3O6. The Balaban J connectivity index is 0.000000148. The van der Waals surface area contributed by atoms with Gasteiger partial charge >= 0.3 is 0 Å². The molecule has 2 N–H and O–H groups in total. The fourth-order valence-corrected chi connectivity index (χ4v) is 5.91. The van der Waals surface area contributed by atoms with Crippen molar-refractivity contribution >= 4 is 115 Å². The topological polar surface area (TPSA) is 133 Å². The molecule has 0 aliphatic carbocycles. The van der Waals surface area contributed by atoms with Crippen LogP contribution in [0.4, 0.5) is 11.4 Å². The van der Waals surface area contributed by atoms with E-state index >= 15 is 0 Å². The van der Waals surface area contributed by atoms with Crippen molar-refractivity contribution in [1.82, 2.24) is 3.93 Å². The van der Waals surface area contributed by atoms with Gasteiger partial charge in [0, 0.05) is 34.2 Å². The minimum Gasteiger partial charge on any atom is -0.456 e. The second kappa shape index (κ2) is 12.4. The Kier molecular flexibility index (Phi) is 9.15. The summed E-state index contributed by atoms with van der Waals surface area (Å²) in [6.45, 7) is 0. The lowest BCUT2D eigenvalue weighted by atomic mass is 10.1. The van der Waals surface area contributed by atoms with Crippen LogP contribution >= 0.6 is 48.0 Å². The van der Waals surface area contributed by atoms with E-state index < -0.39 is 0 Å². The van der Waals surface area contributed by atoms with Crippen LogP contribution in [0.3, 0.4) is 0 Å². The van der Waals surface area contributed by atoms with Crippen LogP contribution in [0.5, 0.6) is 0 Å². The summed E-state index contributed by atoms with van der Waals surface area (Å²) < 4.78 is 14.1. The second-order valence-corrected chi connectivity index (χ2v) is 11.0. The minimum absolute atomic E-state index is 0. The number of amides is 2. The van der Waals surface area contributed by atoms with Crippen molar-refractivity contribution in [3.8, 4) is 0 Å². The third-order valence-corrected chi connectivity index (χ3v) is 8.20. The SMILES string of the molecule is C.Nc1c(Br)cc(Br)c2oc3ccccc3c12.O=C1CCC(=O)N1Br.O=[N+]([O-])c1cccc2oc3ccccc3c12.